The molecule has 0 atom stereocenters. The number of nitrogens with zero attached hydrogens (tertiary/aromatic N) is 1. The van der Waals surface area contributed by atoms with E-state index < -0.39 is 11.5 Å². The summed E-state index contributed by atoms with van der Waals surface area (Å²) in [5, 5.41) is 14.3. The summed E-state index contributed by atoms with van der Waals surface area (Å²) in [4.78, 5) is 29.5. The number of rotatable bonds is 5. The Hall–Kier alpha value is -2.15. The predicted molar refractivity (Wildman–Crippen MR) is 94.4 cm³/mol. The van der Waals surface area contributed by atoms with Crippen molar-refractivity contribution >= 4 is 23.2 Å². The van der Waals surface area contributed by atoms with Crippen molar-refractivity contribution in [3.8, 4) is 10.8 Å². The van der Waals surface area contributed by atoms with Crippen LogP contribution in [0.15, 0.2) is 21.9 Å². The second-order valence-electron chi connectivity index (χ2n) is 6.79. The number of carboxylic acids is 1. The first-order chi connectivity index (χ1) is 11.9. The van der Waals surface area contributed by atoms with Gasteiger partial charge in [-0.2, -0.15) is 0 Å². The van der Waals surface area contributed by atoms with Crippen molar-refractivity contribution in [1.29, 1.82) is 0 Å². The Morgan fingerprint density at radius 2 is 2.16 bits per heavy atom. The second-order valence-corrected chi connectivity index (χ2v) is 7.74. The summed E-state index contributed by atoms with van der Waals surface area (Å²) in [5.74, 6) is 0.292. The highest BCUT2D eigenvalue weighted by molar-refractivity contribution is 7.13. The van der Waals surface area contributed by atoms with Gasteiger partial charge in [0.05, 0.1) is 17.0 Å². The normalized spacial score (nSPS) is 23.4. The fourth-order valence-electron chi connectivity index (χ4n) is 3.21. The van der Waals surface area contributed by atoms with Crippen LogP contribution in [0.4, 0.5) is 0 Å². The molecule has 3 rings (SSSR count). The lowest BCUT2D eigenvalue weighted by Gasteiger charge is -2.36. The van der Waals surface area contributed by atoms with Crippen LogP contribution in [0.25, 0.3) is 10.8 Å². The van der Waals surface area contributed by atoms with Gasteiger partial charge in [-0.15, -0.1) is 11.3 Å². The monoisotopic (exact) mass is 362 g/mol. The number of carboxylic acid groups (broad SMARTS) is 1. The Labute approximate surface area is 150 Å². The average Bonchev–Trinajstić information content (AvgIpc) is 3.20. The van der Waals surface area contributed by atoms with Gasteiger partial charge in [0.25, 0.3) is 0 Å². The first kappa shape index (κ1) is 17.7. The van der Waals surface area contributed by atoms with E-state index in [-0.39, 0.29) is 12.3 Å². The minimum Gasteiger partial charge on any atom is -0.480 e. The highest BCUT2D eigenvalue weighted by Gasteiger charge is 2.42. The van der Waals surface area contributed by atoms with Crippen molar-refractivity contribution < 1.29 is 19.1 Å². The highest BCUT2D eigenvalue weighted by Crippen LogP contribution is 2.32. The summed E-state index contributed by atoms with van der Waals surface area (Å²) in [6.07, 6.45) is 2.56. The number of carbonyl (C=O) groups is 2. The molecular weight excluding hydrogens is 340 g/mol. The van der Waals surface area contributed by atoms with Gasteiger partial charge in [0.1, 0.15) is 11.3 Å². The Kier molecular flexibility index (Phi) is 4.94. The van der Waals surface area contributed by atoms with Crippen LogP contribution in [0.5, 0.6) is 0 Å². The first-order valence-electron chi connectivity index (χ1n) is 8.44. The highest BCUT2D eigenvalue weighted by atomic mass is 32.1. The molecule has 0 spiro atoms. The molecule has 1 aliphatic carbocycles. The number of aryl methyl sites for hydroxylation is 1. The van der Waals surface area contributed by atoms with Crippen molar-refractivity contribution in [2.24, 2.45) is 5.92 Å². The number of thiophene rings is 1. The van der Waals surface area contributed by atoms with Crippen LogP contribution >= 0.6 is 11.3 Å². The molecule has 1 saturated carbocycles. The topological polar surface area (TPSA) is 92.4 Å². The number of amides is 1. The van der Waals surface area contributed by atoms with Crippen molar-refractivity contribution in [2.75, 3.05) is 0 Å². The van der Waals surface area contributed by atoms with Crippen LogP contribution in [0.3, 0.4) is 0 Å². The number of aromatic nitrogens is 1. The Balaban J connectivity index is 1.71. The van der Waals surface area contributed by atoms with E-state index in [4.69, 9.17) is 4.42 Å². The second kappa shape index (κ2) is 7.00. The van der Waals surface area contributed by atoms with E-state index in [0.29, 0.717) is 36.1 Å². The number of oxazole rings is 1. The fraction of sp³-hybridized carbons (Fsp3) is 0.500. The van der Waals surface area contributed by atoms with Crippen LogP contribution in [0.2, 0.25) is 0 Å². The van der Waals surface area contributed by atoms with E-state index in [2.05, 4.69) is 17.2 Å². The summed E-state index contributed by atoms with van der Waals surface area (Å²) in [6, 6.07) is 3.81. The molecule has 2 N–H and O–H groups in total. The van der Waals surface area contributed by atoms with Gasteiger partial charge in [-0.05, 0) is 50.0 Å². The first-order valence-corrected chi connectivity index (χ1v) is 9.32. The van der Waals surface area contributed by atoms with Gasteiger partial charge in [-0.3, -0.25) is 4.79 Å². The number of aliphatic carboxylic acids is 1. The van der Waals surface area contributed by atoms with E-state index in [9.17, 15) is 14.7 Å². The van der Waals surface area contributed by atoms with Gasteiger partial charge in [-0.25, -0.2) is 9.78 Å². The standard InChI is InChI=1S/C18H22N2O4S/c1-11-5-7-18(8-6-11,17(22)23)20-15(21)10-13-12(2)24-16(19-13)14-4-3-9-25-14/h3-4,9,11H,5-8,10H2,1-2H3,(H,20,21)(H,22,23). The van der Waals surface area contributed by atoms with Crippen LogP contribution in [0, 0.1) is 12.8 Å². The van der Waals surface area contributed by atoms with Gasteiger partial charge in [0, 0.05) is 0 Å². The molecule has 25 heavy (non-hydrogen) atoms. The lowest BCUT2D eigenvalue weighted by atomic mass is 9.77. The predicted octanol–water partition coefficient (Wildman–Crippen LogP) is 3.40. The SMILES string of the molecule is Cc1oc(-c2cccs2)nc1CC(=O)NC1(C(=O)O)CCC(C)CC1. The average molecular weight is 362 g/mol. The zero-order chi connectivity index (χ0) is 18.0. The molecular formula is C18H22N2O4S. The molecule has 0 unspecified atom stereocenters. The number of hydrogen-bond donors (Lipinski definition) is 2. The van der Waals surface area contributed by atoms with E-state index in [1.54, 1.807) is 6.92 Å². The van der Waals surface area contributed by atoms with Crippen LogP contribution in [-0.4, -0.2) is 27.5 Å². The zero-order valence-electron chi connectivity index (χ0n) is 14.4. The Bertz CT molecular complexity index is 758. The molecule has 2 aromatic rings. The largest absolute Gasteiger partial charge is 0.480 e. The Morgan fingerprint density at radius 1 is 1.44 bits per heavy atom. The maximum atomic E-state index is 12.5. The molecule has 7 heteroatoms. The lowest BCUT2D eigenvalue weighted by Crippen LogP contribution is -2.56. The molecule has 0 bridgehead atoms. The van der Waals surface area contributed by atoms with E-state index in [1.165, 1.54) is 11.3 Å². The molecule has 0 radical (unpaired) electrons. The summed E-state index contributed by atoms with van der Waals surface area (Å²) >= 11 is 1.51. The van der Waals surface area contributed by atoms with Crippen LogP contribution in [-0.2, 0) is 16.0 Å². The van der Waals surface area contributed by atoms with Crippen LogP contribution in [0.1, 0.15) is 44.1 Å². The summed E-state index contributed by atoms with van der Waals surface area (Å²) in [5.41, 5.74) is -0.608. The summed E-state index contributed by atoms with van der Waals surface area (Å²) in [6.45, 7) is 3.88. The van der Waals surface area contributed by atoms with Crippen LogP contribution < -0.4 is 5.32 Å². The minimum absolute atomic E-state index is 0.0191. The molecule has 1 aliphatic rings. The Morgan fingerprint density at radius 3 is 2.76 bits per heavy atom. The zero-order valence-corrected chi connectivity index (χ0v) is 15.2. The maximum absolute atomic E-state index is 12.5. The van der Waals surface area contributed by atoms with Crippen molar-refractivity contribution in [1.82, 2.24) is 10.3 Å². The molecule has 0 aromatic carbocycles. The number of hydrogen-bond acceptors (Lipinski definition) is 5. The van der Waals surface area contributed by atoms with Gasteiger partial charge in [0.15, 0.2) is 0 Å². The molecule has 1 amide bonds. The van der Waals surface area contributed by atoms with E-state index in [0.717, 1.165) is 17.7 Å². The van der Waals surface area contributed by atoms with Gasteiger partial charge < -0.3 is 14.8 Å². The summed E-state index contributed by atoms with van der Waals surface area (Å²) < 4.78 is 5.64. The van der Waals surface area contributed by atoms with Gasteiger partial charge in [-0.1, -0.05) is 13.0 Å². The molecule has 6 nitrogen and oxygen atoms in total. The third-order valence-corrected chi connectivity index (χ3v) is 5.73. The number of carbonyl (C=O) groups excluding carboxylic acids is 1. The molecule has 134 valence electrons. The lowest BCUT2D eigenvalue weighted by molar-refractivity contribution is -0.149. The number of nitrogens with one attached hydrogen (secondary N) is 1. The smallest absolute Gasteiger partial charge is 0.329 e. The van der Waals surface area contributed by atoms with Gasteiger partial charge in [0.2, 0.25) is 11.8 Å². The minimum atomic E-state index is -1.15. The van der Waals surface area contributed by atoms with Gasteiger partial charge >= 0.3 is 5.97 Å². The molecule has 0 saturated heterocycles. The quantitative estimate of drug-likeness (QED) is 0.850. The van der Waals surface area contributed by atoms with E-state index in [1.807, 2.05) is 17.5 Å². The van der Waals surface area contributed by atoms with E-state index >= 15 is 0 Å². The van der Waals surface area contributed by atoms with Crippen molar-refractivity contribution in [2.45, 2.75) is 51.5 Å². The molecule has 2 aromatic heterocycles. The maximum Gasteiger partial charge on any atom is 0.329 e. The fourth-order valence-corrected chi connectivity index (χ4v) is 3.86. The summed E-state index contributed by atoms with van der Waals surface area (Å²) in [7, 11) is 0. The molecule has 2 heterocycles. The third kappa shape index (κ3) is 3.76. The third-order valence-electron chi connectivity index (χ3n) is 4.87. The molecule has 0 aliphatic heterocycles. The molecule has 1 fully saturated rings. The van der Waals surface area contributed by atoms with Crippen molar-refractivity contribution in [3.05, 3.63) is 29.0 Å². The van der Waals surface area contributed by atoms with Crippen molar-refractivity contribution in [3.63, 3.8) is 0 Å².